The summed E-state index contributed by atoms with van der Waals surface area (Å²) in [6.45, 7) is 1.07. The fraction of sp³-hybridized carbons (Fsp3) is 0.316. The highest BCUT2D eigenvalue weighted by Gasteiger charge is 2.29. The Labute approximate surface area is 161 Å². The number of thiazole rings is 1. The van der Waals surface area contributed by atoms with Gasteiger partial charge in [-0.25, -0.2) is 22.0 Å². The van der Waals surface area contributed by atoms with Gasteiger partial charge in [-0.2, -0.15) is 4.98 Å². The number of rotatable bonds is 3. The number of anilines is 1. The third-order valence-electron chi connectivity index (χ3n) is 5.13. The fourth-order valence-corrected chi connectivity index (χ4v) is 4.38. The van der Waals surface area contributed by atoms with E-state index in [-0.39, 0.29) is 17.5 Å². The largest absolute Gasteiger partial charge is 0.370 e. The average molecular weight is 413 g/mol. The Morgan fingerprint density at radius 1 is 0.964 bits per heavy atom. The molecule has 0 N–H and O–H groups in total. The van der Waals surface area contributed by atoms with Crippen molar-refractivity contribution in [2.45, 2.75) is 19.3 Å². The number of para-hydroxylation sites is 1. The number of benzene rings is 2. The molecule has 1 radical (unpaired) electrons. The molecule has 0 saturated carbocycles. The lowest BCUT2D eigenvalue weighted by molar-refractivity contribution is 0.349. The molecule has 3 nitrogen and oxygen atoms in total. The lowest BCUT2D eigenvalue weighted by atomic mass is 9.89. The van der Waals surface area contributed by atoms with Gasteiger partial charge in [-0.3, -0.25) is 5.11 Å². The van der Waals surface area contributed by atoms with Crippen molar-refractivity contribution in [2.24, 2.45) is 5.92 Å². The maximum absolute atomic E-state index is 13.9. The van der Waals surface area contributed by atoms with Gasteiger partial charge in [-0.1, -0.05) is 17.4 Å². The van der Waals surface area contributed by atoms with Crippen LogP contribution >= 0.6 is 11.3 Å². The van der Waals surface area contributed by atoms with Crippen LogP contribution in [0.5, 0.6) is 5.19 Å². The van der Waals surface area contributed by atoms with E-state index in [0.29, 0.717) is 31.4 Å². The molecule has 0 unspecified atom stereocenters. The Hall–Kier alpha value is -2.42. The van der Waals surface area contributed by atoms with Gasteiger partial charge in [-0.15, -0.1) is 0 Å². The van der Waals surface area contributed by atoms with E-state index in [4.69, 9.17) is 0 Å². The van der Waals surface area contributed by atoms with Crippen LogP contribution in [-0.2, 0) is 11.5 Å². The van der Waals surface area contributed by atoms with Crippen LogP contribution in [0.1, 0.15) is 18.4 Å². The summed E-state index contributed by atoms with van der Waals surface area (Å²) in [4.78, 5) is 6.05. The highest BCUT2D eigenvalue weighted by molar-refractivity contribution is 7.20. The third kappa shape index (κ3) is 3.17. The third-order valence-corrected chi connectivity index (χ3v) is 5.94. The standard InChI is InChI=1S/C19H14F5N2OS/c20-13-10(14(21)16(23)17(24)15(13)22)8-9-4-6-26(7-5-9)11-2-1-3-12-18(11)25-19(27)28-12/h1-3,9H,4-8H2. The van der Waals surface area contributed by atoms with E-state index >= 15 is 0 Å². The predicted octanol–water partition coefficient (Wildman–Crippen LogP) is 5.59. The maximum Gasteiger partial charge on any atom is 0.327 e. The van der Waals surface area contributed by atoms with E-state index < -0.39 is 34.6 Å². The fourth-order valence-electron chi connectivity index (χ4n) is 3.67. The van der Waals surface area contributed by atoms with Gasteiger partial charge in [-0.05, 0) is 37.3 Å². The van der Waals surface area contributed by atoms with Crippen molar-refractivity contribution in [2.75, 3.05) is 18.0 Å². The lowest BCUT2D eigenvalue weighted by Gasteiger charge is -2.34. The number of fused-ring (bicyclic) bond motifs is 1. The highest BCUT2D eigenvalue weighted by Crippen LogP contribution is 2.36. The monoisotopic (exact) mass is 413 g/mol. The first-order valence-corrected chi connectivity index (χ1v) is 9.50. The molecule has 0 bridgehead atoms. The summed E-state index contributed by atoms with van der Waals surface area (Å²) in [7, 11) is 0. The second-order valence-corrected chi connectivity index (χ2v) is 7.78. The molecular formula is C19H14F5N2OS. The molecule has 147 valence electrons. The summed E-state index contributed by atoms with van der Waals surface area (Å²) in [5.74, 6) is -9.68. The van der Waals surface area contributed by atoms with Crippen LogP contribution in [-0.4, -0.2) is 18.1 Å². The summed E-state index contributed by atoms with van der Waals surface area (Å²) in [6, 6.07) is 5.50. The van der Waals surface area contributed by atoms with Crippen LogP contribution in [0.25, 0.3) is 10.2 Å². The van der Waals surface area contributed by atoms with Crippen molar-refractivity contribution < 1.29 is 27.1 Å². The van der Waals surface area contributed by atoms with Crippen LogP contribution in [0.4, 0.5) is 27.6 Å². The van der Waals surface area contributed by atoms with Gasteiger partial charge in [0.2, 0.25) is 5.82 Å². The number of piperidine rings is 1. The van der Waals surface area contributed by atoms with Crippen molar-refractivity contribution in [3.8, 4) is 5.19 Å². The average Bonchev–Trinajstić information content (AvgIpc) is 3.09. The summed E-state index contributed by atoms with van der Waals surface area (Å²) >= 11 is 1.06. The molecule has 1 aliphatic heterocycles. The molecule has 0 spiro atoms. The van der Waals surface area contributed by atoms with E-state index in [1.165, 1.54) is 0 Å². The quantitative estimate of drug-likeness (QED) is 0.319. The van der Waals surface area contributed by atoms with Gasteiger partial charge in [0.15, 0.2) is 23.3 Å². The van der Waals surface area contributed by atoms with Gasteiger partial charge in [0.05, 0.1) is 10.4 Å². The summed E-state index contributed by atoms with van der Waals surface area (Å²) in [6.07, 6.45) is 0.819. The second-order valence-electron chi connectivity index (χ2n) is 6.79. The zero-order valence-corrected chi connectivity index (χ0v) is 15.3. The van der Waals surface area contributed by atoms with Gasteiger partial charge >= 0.3 is 5.19 Å². The second kappa shape index (κ2) is 7.20. The van der Waals surface area contributed by atoms with Crippen molar-refractivity contribution in [3.63, 3.8) is 0 Å². The molecule has 4 rings (SSSR count). The van der Waals surface area contributed by atoms with Gasteiger partial charge in [0, 0.05) is 18.7 Å². The molecule has 1 saturated heterocycles. The number of hydrogen-bond acceptors (Lipinski definition) is 3. The number of halogens is 5. The summed E-state index contributed by atoms with van der Waals surface area (Å²) in [5.41, 5.74) is 0.675. The predicted molar refractivity (Wildman–Crippen MR) is 94.6 cm³/mol. The molecule has 3 aromatic rings. The maximum atomic E-state index is 13.9. The summed E-state index contributed by atoms with van der Waals surface area (Å²) < 4.78 is 68.6. The molecule has 0 atom stereocenters. The van der Waals surface area contributed by atoms with E-state index in [1.807, 2.05) is 23.1 Å². The van der Waals surface area contributed by atoms with Gasteiger partial charge in [0.25, 0.3) is 0 Å². The van der Waals surface area contributed by atoms with Crippen molar-refractivity contribution >= 4 is 27.2 Å². The molecule has 9 heteroatoms. The summed E-state index contributed by atoms with van der Waals surface area (Å²) in [5, 5.41) is 11.3. The Kier molecular flexibility index (Phi) is 4.86. The molecule has 1 fully saturated rings. The number of hydrogen-bond donors (Lipinski definition) is 0. The highest BCUT2D eigenvalue weighted by atomic mass is 32.1. The molecule has 1 aliphatic rings. The van der Waals surface area contributed by atoms with E-state index in [9.17, 15) is 27.1 Å². The van der Waals surface area contributed by atoms with Crippen LogP contribution in [0, 0.1) is 35.0 Å². The Bertz CT molecular complexity index is 1020. The number of aromatic nitrogens is 1. The van der Waals surface area contributed by atoms with Crippen molar-refractivity contribution in [1.29, 1.82) is 0 Å². The smallest absolute Gasteiger partial charge is 0.327 e. The minimum Gasteiger partial charge on any atom is -0.370 e. The topological polar surface area (TPSA) is 36.0 Å². The lowest BCUT2D eigenvalue weighted by Crippen LogP contribution is -2.34. The Morgan fingerprint density at radius 3 is 2.21 bits per heavy atom. The minimum absolute atomic E-state index is 0.214. The zero-order valence-electron chi connectivity index (χ0n) is 14.4. The minimum atomic E-state index is -2.14. The molecule has 1 aromatic heterocycles. The van der Waals surface area contributed by atoms with Crippen molar-refractivity contribution in [1.82, 2.24) is 4.98 Å². The van der Waals surface area contributed by atoms with Crippen LogP contribution in [0.2, 0.25) is 0 Å². The molecule has 28 heavy (non-hydrogen) atoms. The van der Waals surface area contributed by atoms with Crippen molar-refractivity contribution in [3.05, 3.63) is 52.8 Å². The number of nitrogens with zero attached hydrogens (tertiary/aromatic N) is 2. The first-order chi connectivity index (χ1) is 13.4. The zero-order chi connectivity index (χ0) is 20.0. The Balaban J connectivity index is 1.51. The molecule has 0 amide bonds. The molecular weight excluding hydrogens is 399 g/mol. The molecule has 2 heterocycles. The Morgan fingerprint density at radius 2 is 1.57 bits per heavy atom. The van der Waals surface area contributed by atoms with Crippen LogP contribution < -0.4 is 4.90 Å². The normalized spacial score (nSPS) is 15.5. The van der Waals surface area contributed by atoms with E-state index in [1.54, 1.807) is 0 Å². The SMILES string of the molecule is [O]c1nc2c(N3CCC(Cc4c(F)c(F)c(F)c(F)c4F)CC3)cccc2s1. The van der Waals surface area contributed by atoms with Gasteiger partial charge < -0.3 is 4.90 Å². The van der Waals surface area contributed by atoms with E-state index in [2.05, 4.69) is 4.98 Å². The van der Waals surface area contributed by atoms with E-state index in [0.717, 1.165) is 21.7 Å². The van der Waals surface area contributed by atoms with Crippen LogP contribution in [0.15, 0.2) is 18.2 Å². The molecule has 2 aromatic carbocycles. The first kappa shape index (κ1) is 18.9. The first-order valence-electron chi connectivity index (χ1n) is 8.68. The van der Waals surface area contributed by atoms with Gasteiger partial charge in [0.1, 0.15) is 5.52 Å². The molecule has 0 aliphatic carbocycles. The van der Waals surface area contributed by atoms with Crippen LogP contribution in [0.3, 0.4) is 0 Å².